The van der Waals surface area contributed by atoms with Gasteiger partial charge in [-0.25, -0.2) is 10.2 Å². The number of hydrogen-bond donors (Lipinski definition) is 2. The Kier molecular flexibility index (Phi) is 34.8. The van der Waals surface area contributed by atoms with Crippen LogP contribution in [0.5, 0.6) is 0 Å². The quantitative estimate of drug-likeness (QED) is 0.0482. The van der Waals surface area contributed by atoms with E-state index in [1.165, 1.54) is 167 Å². The molecule has 6 nitrogen and oxygen atoms in total. The Bertz CT molecular complexity index is 710. The van der Waals surface area contributed by atoms with Gasteiger partial charge in [-0.15, -0.1) is 0 Å². The summed E-state index contributed by atoms with van der Waals surface area (Å²) in [4.78, 5) is 0. The second-order valence-electron chi connectivity index (χ2n) is 17.1. The molecule has 0 spiro atoms. The first kappa shape index (κ1) is 50.0. The van der Waals surface area contributed by atoms with Crippen LogP contribution in [0.2, 0.25) is 0 Å². The molecule has 302 valence electrons. The molecule has 0 amide bonds. The molecule has 0 saturated heterocycles. The van der Waals surface area contributed by atoms with E-state index in [9.17, 15) is 4.57 Å². The molecule has 0 rings (SSSR count). The third kappa shape index (κ3) is 35.1. The van der Waals surface area contributed by atoms with E-state index < -0.39 is 7.67 Å². The molecule has 0 aliphatic rings. The summed E-state index contributed by atoms with van der Waals surface area (Å²) >= 11 is 0. The fourth-order valence-corrected chi connectivity index (χ4v) is 8.31. The number of hydrogen-bond acceptors (Lipinski definition) is 4. The van der Waals surface area contributed by atoms with Crippen molar-refractivity contribution in [1.29, 1.82) is 0 Å². The molecule has 2 N–H and O–H groups in total. The van der Waals surface area contributed by atoms with E-state index in [-0.39, 0.29) is 10.8 Å². The Morgan fingerprint density at radius 2 is 0.700 bits per heavy atom. The first-order chi connectivity index (χ1) is 24.1. The summed E-state index contributed by atoms with van der Waals surface area (Å²) in [5.41, 5.74) is -0.280. The normalized spacial score (nSPS) is 12.7. The van der Waals surface area contributed by atoms with E-state index in [1.807, 2.05) is 0 Å². The van der Waals surface area contributed by atoms with Crippen LogP contribution >= 0.6 is 7.67 Å². The minimum absolute atomic E-state index is 0.0365. The lowest BCUT2D eigenvalue weighted by atomic mass is 9.94. The van der Waals surface area contributed by atoms with Gasteiger partial charge in [0.15, 0.2) is 0 Å². The Hall–Kier alpha value is 0.0300. The minimum Gasteiger partial charge on any atom is -0.384 e. The summed E-state index contributed by atoms with van der Waals surface area (Å²) in [6.45, 7) is 16.8. The molecule has 0 aliphatic heterocycles. The standard InChI is InChI=1S/C43H91N2O4P/c1-8-10-12-14-16-18-20-22-24-26-28-30-32-34-36-44-50(46,49-41-43(5,6)40-48-39-42(3,4)38-47-7)45-37-35-33-31-29-27-25-23-21-19-17-15-13-11-9-2/h8-41H2,1-7H3,(H2,44,45,46). The fraction of sp³-hybridized carbons (Fsp3) is 1.00. The predicted molar refractivity (Wildman–Crippen MR) is 220 cm³/mol. The lowest BCUT2D eigenvalue weighted by Gasteiger charge is -2.30. The van der Waals surface area contributed by atoms with E-state index in [2.05, 4.69) is 51.7 Å². The monoisotopic (exact) mass is 731 g/mol. The number of rotatable bonds is 41. The molecule has 0 unspecified atom stereocenters. The van der Waals surface area contributed by atoms with Gasteiger partial charge in [0.1, 0.15) is 0 Å². The Labute approximate surface area is 314 Å². The van der Waals surface area contributed by atoms with E-state index >= 15 is 0 Å². The molecule has 0 radical (unpaired) electrons. The maximum absolute atomic E-state index is 13.9. The van der Waals surface area contributed by atoms with E-state index in [0.29, 0.717) is 26.4 Å². The van der Waals surface area contributed by atoms with Crippen molar-refractivity contribution in [2.45, 2.75) is 221 Å². The third-order valence-electron chi connectivity index (χ3n) is 9.86. The lowest BCUT2D eigenvalue weighted by molar-refractivity contribution is -0.0248. The van der Waals surface area contributed by atoms with Crippen molar-refractivity contribution in [1.82, 2.24) is 10.2 Å². The van der Waals surface area contributed by atoms with Gasteiger partial charge < -0.3 is 14.0 Å². The van der Waals surface area contributed by atoms with Crippen molar-refractivity contribution >= 4 is 7.67 Å². The second kappa shape index (κ2) is 34.8. The molecule has 0 bridgehead atoms. The van der Waals surface area contributed by atoms with Gasteiger partial charge in [0.2, 0.25) is 0 Å². The van der Waals surface area contributed by atoms with Gasteiger partial charge in [0.25, 0.3) is 0 Å². The zero-order chi connectivity index (χ0) is 37.1. The fourth-order valence-electron chi connectivity index (χ4n) is 6.58. The summed E-state index contributed by atoms with van der Waals surface area (Å²) < 4.78 is 31.5. The van der Waals surface area contributed by atoms with Crippen molar-refractivity contribution in [2.75, 3.05) is 46.6 Å². The van der Waals surface area contributed by atoms with Gasteiger partial charge in [-0.2, -0.15) is 0 Å². The van der Waals surface area contributed by atoms with Gasteiger partial charge in [-0.1, -0.05) is 208 Å². The molecule has 0 fully saturated rings. The van der Waals surface area contributed by atoms with Crippen molar-refractivity contribution in [3.8, 4) is 0 Å². The number of nitrogens with one attached hydrogen (secondary N) is 2. The van der Waals surface area contributed by atoms with Crippen LogP contribution in [0, 0.1) is 10.8 Å². The van der Waals surface area contributed by atoms with Crippen molar-refractivity contribution < 1.29 is 18.6 Å². The van der Waals surface area contributed by atoms with Crippen LogP contribution < -0.4 is 10.2 Å². The average molecular weight is 731 g/mol. The highest BCUT2D eigenvalue weighted by atomic mass is 31.2. The topological polar surface area (TPSA) is 68.8 Å². The van der Waals surface area contributed by atoms with Crippen LogP contribution in [0.3, 0.4) is 0 Å². The number of ether oxygens (including phenoxy) is 2. The van der Waals surface area contributed by atoms with E-state index in [1.54, 1.807) is 7.11 Å². The zero-order valence-electron chi connectivity index (χ0n) is 35.1. The summed E-state index contributed by atoms with van der Waals surface area (Å²) in [6, 6.07) is 0. The summed E-state index contributed by atoms with van der Waals surface area (Å²) in [5.74, 6) is 0. The summed E-state index contributed by atoms with van der Waals surface area (Å²) in [6.07, 6.45) is 37.5. The number of methoxy groups -OCH3 is 1. The van der Waals surface area contributed by atoms with Crippen molar-refractivity contribution in [3.63, 3.8) is 0 Å². The average Bonchev–Trinajstić information content (AvgIpc) is 3.07. The lowest BCUT2D eigenvalue weighted by Crippen LogP contribution is -2.33. The van der Waals surface area contributed by atoms with Gasteiger partial charge in [0, 0.05) is 31.0 Å². The molecular formula is C43H91N2O4P. The first-order valence-electron chi connectivity index (χ1n) is 21.9. The highest BCUT2D eigenvalue weighted by Crippen LogP contribution is 2.39. The number of unbranched alkanes of at least 4 members (excludes halogenated alkanes) is 26. The largest absolute Gasteiger partial charge is 0.384 e. The van der Waals surface area contributed by atoms with E-state index in [4.69, 9.17) is 14.0 Å². The van der Waals surface area contributed by atoms with Crippen LogP contribution in [-0.2, 0) is 18.6 Å². The Balaban J connectivity index is 4.36. The zero-order valence-corrected chi connectivity index (χ0v) is 36.0. The molecule has 0 heterocycles. The smallest absolute Gasteiger partial charge is 0.340 e. The molecule has 50 heavy (non-hydrogen) atoms. The maximum Gasteiger partial charge on any atom is 0.340 e. The van der Waals surface area contributed by atoms with Gasteiger partial charge in [0.05, 0.1) is 26.4 Å². The molecular weight excluding hydrogens is 639 g/mol. The predicted octanol–water partition coefficient (Wildman–Crippen LogP) is 14.0. The highest BCUT2D eigenvalue weighted by molar-refractivity contribution is 7.54. The van der Waals surface area contributed by atoms with E-state index in [0.717, 1.165) is 25.9 Å². The van der Waals surface area contributed by atoms with Crippen LogP contribution in [0.15, 0.2) is 0 Å². The molecule has 0 aliphatic carbocycles. The highest BCUT2D eigenvalue weighted by Gasteiger charge is 2.28. The van der Waals surface area contributed by atoms with Crippen LogP contribution in [0.25, 0.3) is 0 Å². The Morgan fingerprint density at radius 3 is 1.00 bits per heavy atom. The van der Waals surface area contributed by atoms with Gasteiger partial charge in [-0.05, 0) is 12.8 Å². The van der Waals surface area contributed by atoms with Crippen LogP contribution in [0.1, 0.15) is 221 Å². The second-order valence-corrected chi connectivity index (χ2v) is 19.1. The first-order valence-corrected chi connectivity index (χ1v) is 23.5. The van der Waals surface area contributed by atoms with Gasteiger partial charge in [-0.3, -0.25) is 4.57 Å². The van der Waals surface area contributed by atoms with Crippen molar-refractivity contribution in [3.05, 3.63) is 0 Å². The molecule has 0 atom stereocenters. The molecule has 0 aromatic rings. The van der Waals surface area contributed by atoms with Crippen LogP contribution in [0.4, 0.5) is 0 Å². The third-order valence-corrected chi connectivity index (χ3v) is 11.6. The SMILES string of the molecule is CCCCCCCCCCCCCCCCNP(=O)(NCCCCCCCCCCCCCCCC)OCC(C)(C)COCC(C)(C)COC. The summed E-state index contributed by atoms with van der Waals surface area (Å²) in [7, 11) is -1.41. The molecule has 0 aromatic carbocycles. The molecule has 0 aromatic heterocycles. The maximum atomic E-state index is 13.9. The summed E-state index contributed by atoms with van der Waals surface area (Å²) in [5, 5.41) is 6.65. The molecule has 0 saturated carbocycles. The molecule has 7 heteroatoms. The van der Waals surface area contributed by atoms with Gasteiger partial charge >= 0.3 is 7.67 Å². The Morgan fingerprint density at radius 1 is 0.420 bits per heavy atom. The van der Waals surface area contributed by atoms with Crippen molar-refractivity contribution in [2.24, 2.45) is 10.8 Å². The minimum atomic E-state index is -3.14. The van der Waals surface area contributed by atoms with Crippen LogP contribution in [-0.4, -0.2) is 46.6 Å².